The summed E-state index contributed by atoms with van der Waals surface area (Å²) < 4.78 is 5.11. The fourth-order valence-electron chi connectivity index (χ4n) is 1.56. The Kier molecular flexibility index (Phi) is 7.83. The van der Waals surface area contributed by atoms with Crippen molar-refractivity contribution in [1.82, 2.24) is 0 Å². The van der Waals surface area contributed by atoms with Crippen LogP contribution in [0.25, 0.3) is 0 Å². The van der Waals surface area contributed by atoms with E-state index in [4.69, 9.17) is 10.00 Å². The Bertz CT molecular complexity index is 155. The van der Waals surface area contributed by atoms with E-state index in [-0.39, 0.29) is 6.71 Å². The minimum Gasteiger partial charge on any atom is -0.385 e. The highest BCUT2D eigenvalue weighted by Crippen LogP contribution is 2.19. The highest BCUT2D eigenvalue weighted by atomic mass is 16.5. The Morgan fingerprint density at radius 1 is 1.46 bits per heavy atom. The van der Waals surface area contributed by atoms with Crippen molar-refractivity contribution in [2.75, 3.05) is 13.7 Å². The van der Waals surface area contributed by atoms with Gasteiger partial charge in [-0.25, -0.2) is 5.26 Å². The lowest BCUT2D eigenvalue weighted by Crippen LogP contribution is -2.22. The van der Waals surface area contributed by atoms with Gasteiger partial charge in [-0.05, 0) is 5.82 Å². The van der Waals surface area contributed by atoms with E-state index in [1.165, 1.54) is 6.42 Å². The molecule has 0 aliphatic heterocycles. The van der Waals surface area contributed by atoms with Crippen LogP contribution >= 0.6 is 0 Å². The van der Waals surface area contributed by atoms with Gasteiger partial charge < -0.3 is 4.74 Å². The Morgan fingerprint density at radius 3 is 2.54 bits per heavy atom. The van der Waals surface area contributed by atoms with E-state index in [9.17, 15) is 0 Å². The highest BCUT2D eigenvalue weighted by Gasteiger charge is 2.23. The Balaban J connectivity index is 3.94. The number of nitrogens with zero attached hydrogens (tertiary/aromatic N) is 1. The van der Waals surface area contributed by atoms with E-state index in [0.29, 0.717) is 5.82 Å². The summed E-state index contributed by atoms with van der Waals surface area (Å²) in [6.07, 6.45) is 4.38. The minimum absolute atomic E-state index is 0.185. The largest absolute Gasteiger partial charge is 0.385 e. The molecule has 0 saturated heterocycles. The molecule has 0 bridgehead atoms. The first-order valence-electron chi connectivity index (χ1n) is 5.18. The highest BCUT2D eigenvalue weighted by molar-refractivity contribution is 6.68. The molecule has 0 aromatic carbocycles. The summed E-state index contributed by atoms with van der Waals surface area (Å²) in [5.74, 6) is 2.81. The summed E-state index contributed by atoms with van der Waals surface area (Å²) in [7, 11) is 1.71. The van der Waals surface area contributed by atoms with Crippen LogP contribution in [0.2, 0.25) is 12.1 Å². The maximum absolute atomic E-state index is 8.98. The first-order chi connectivity index (χ1) is 6.29. The van der Waals surface area contributed by atoms with Crippen LogP contribution in [0.4, 0.5) is 0 Å². The van der Waals surface area contributed by atoms with Crippen molar-refractivity contribution in [3.05, 3.63) is 0 Å². The van der Waals surface area contributed by atoms with Crippen molar-refractivity contribution >= 4 is 6.71 Å². The van der Waals surface area contributed by atoms with Crippen molar-refractivity contribution < 1.29 is 4.74 Å². The maximum atomic E-state index is 8.98. The van der Waals surface area contributed by atoms with E-state index in [0.717, 1.165) is 25.8 Å². The molecule has 13 heavy (non-hydrogen) atoms. The summed E-state index contributed by atoms with van der Waals surface area (Å²) >= 11 is 0. The van der Waals surface area contributed by atoms with Crippen molar-refractivity contribution in [3.8, 4) is 5.97 Å². The van der Waals surface area contributed by atoms with Crippen LogP contribution in [0.1, 0.15) is 33.1 Å². The third kappa shape index (κ3) is 4.95. The molecule has 1 atom stereocenters. The number of hydrogen-bond donors (Lipinski definition) is 0. The van der Waals surface area contributed by atoms with Crippen molar-refractivity contribution in [2.45, 2.75) is 45.2 Å². The van der Waals surface area contributed by atoms with E-state index < -0.39 is 0 Å². The molecule has 0 fully saturated rings. The van der Waals surface area contributed by atoms with Gasteiger partial charge in [0.05, 0.1) is 0 Å². The van der Waals surface area contributed by atoms with Gasteiger partial charge in [0.15, 0.2) is 0 Å². The van der Waals surface area contributed by atoms with Crippen molar-refractivity contribution in [1.29, 1.82) is 5.26 Å². The maximum Gasteiger partial charge on any atom is 0.273 e. The van der Waals surface area contributed by atoms with E-state index >= 15 is 0 Å². The SMILES string of the molecule is CCCCB(C#N)C(CC)COC. The number of rotatable bonds is 7. The molecule has 74 valence electrons. The summed E-state index contributed by atoms with van der Waals surface area (Å²) in [5.41, 5.74) is 0. The topological polar surface area (TPSA) is 33.0 Å². The zero-order valence-electron chi connectivity index (χ0n) is 9.05. The molecule has 0 aromatic heterocycles. The van der Waals surface area contributed by atoms with Crippen LogP contribution in [0, 0.1) is 11.2 Å². The predicted molar refractivity (Wildman–Crippen MR) is 57.0 cm³/mol. The van der Waals surface area contributed by atoms with Gasteiger partial charge in [0.2, 0.25) is 0 Å². The third-order valence-electron chi connectivity index (χ3n) is 2.51. The van der Waals surface area contributed by atoms with Crippen LogP contribution in [0.15, 0.2) is 0 Å². The number of unbranched alkanes of at least 4 members (excludes halogenated alkanes) is 1. The smallest absolute Gasteiger partial charge is 0.273 e. The minimum atomic E-state index is 0.185. The molecule has 0 aromatic rings. The molecule has 3 heteroatoms. The Labute approximate surface area is 82.4 Å². The lowest BCUT2D eigenvalue weighted by atomic mass is 9.39. The number of methoxy groups -OCH3 is 1. The van der Waals surface area contributed by atoms with Gasteiger partial charge in [0.25, 0.3) is 6.71 Å². The first kappa shape index (κ1) is 12.5. The van der Waals surface area contributed by atoms with Crippen LogP contribution in [0.3, 0.4) is 0 Å². The second-order valence-corrected chi connectivity index (χ2v) is 3.50. The summed E-state index contributed by atoms with van der Waals surface area (Å²) in [5, 5.41) is 8.98. The molecule has 0 heterocycles. The molecule has 0 amide bonds. The van der Waals surface area contributed by atoms with Gasteiger partial charge in [-0.2, -0.15) is 0 Å². The second kappa shape index (κ2) is 8.13. The molecule has 0 aliphatic rings. The van der Waals surface area contributed by atoms with Crippen molar-refractivity contribution in [3.63, 3.8) is 0 Å². The van der Waals surface area contributed by atoms with E-state index in [1.54, 1.807) is 7.11 Å². The van der Waals surface area contributed by atoms with Gasteiger partial charge in [-0.1, -0.05) is 39.4 Å². The average Bonchev–Trinajstić information content (AvgIpc) is 2.17. The lowest BCUT2D eigenvalue weighted by molar-refractivity contribution is 0.193. The van der Waals surface area contributed by atoms with E-state index in [2.05, 4.69) is 19.8 Å². The zero-order chi connectivity index (χ0) is 10.1. The van der Waals surface area contributed by atoms with Gasteiger partial charge in [-0.3, -0.25) is 0 Å². The fourth-order valence-corrected chi connectivity index (χ4v) is 1.56. The number of hydrogen-bond acceptors (Lipinski definition) is 2. The van der Waals surface area contributed by atoms with Crippen LogP contribution < -0.4 is 0 Å². The van der Waals surface area contributed by atoms with Crippen LogP contribution in [-0.2, 0) is 4.74 Å². The van der Waals surface area contributed by atoms with Gasteiger partial charge >= 0.3 is 0 Å². The summed E-state index contributed by atoms with van der Waals surface area (Å²) in [6, 6.07) is 0. The number of ether oxygens (including phenoxy) is 1. The molecule has 2 nitrogen and oxygen atoms in total. The summed E-state index contributed by atoms with van der Waals surface area (Å²) in [4.78, 5) is 0. The molecule has 0 rings (SSSR count). The fraction of sp³-hybridized carbons (Fsp3) is 0.900. The van der Waals surface area contributed by atoms with Gasteiger partial charge in [0.1, 0.15) is 0 Å². The first-order valence-corrected chi connectivity index (χ1v) is 5.18. The quantitative estimate of drug-likeness (QED) is 0.565. The predicted octanol–water partition coefficient (Wildman–Crippen LogP) is 2.77. The van der Waals surface area contributed by atoms with Crippen molar-refractivity contribution in [2.24, 2.45) is 0 Å². The normalized spacial score (nSPS) is 12.2. The Hall–Kier alpha value is -0.485. The molecule has 0 N–H and O–H groups in total. The van der Waals surface area contributed by atoms with Gasteiger partial charge in [-0.15, -0.1) is 0 Å². The molecule has 1 unspecified atom stereocenters. The number of nitriles is 1. The van der Waals surface area contributed by atoms with Crippen LogP contribution in [-0.4, -0.2) is 20.4 Å². The third-order valence-corrected chi connectivity index (χ3v) is 2.51. The average molecular weight is 181 g/mol. The van der Waals surface area contributed by atoms with E-state index in [1.807, 2.05) is 0 Å². The Morgan fingerprint density at radius 2 is 2.15 bits per heavy atom. The molecule has 0 radical (unpaired) electrons. The molecular formula is C10H20BNO. The standard InChI is InChI=1S/C10H20BNO/c1-4-6-7-11(9-12)10(5-2)8-13-3/h10H,4-8H2,1-3H3. The molecule has 0 aliphatic carbocycles. The lowest BCUT2D eigenvalue weighted by Gasteiger charge is -2.15. The zero-order valence-corrected chi connectivity index (χ0v) is 9.05. The van der Waals surface area contributed by atoms with Crippen LogP contribution in [0.5, 0.6) is 0 Å². The molecular weight excluding hydrogens is 161 g/mol. The monoisotopic (exact) mass is 181 g/mol. The summed E-state index contributed by atoms with van der Waals surface area (Å²) in [6.45, 7) is 5.19. The second-order valence-electron chi connectivity index (χ2n) is 3.50. The molecule has 0 spiro atoms. The van der Waals surface area contributed by atoms with Gasteiger partial charge in [0, 0.05) is 19.7 Å². The molecule has 0 saturated carbocycles.